The summed E-state index contributed by atoms with van der Waals surface area (Å²) >= 11 is 0. The second kappa shape index (κ2) is 9.73. The lowest BCUT2D eigenvalue weighted by molar-refractivity contribution is 0.169. The number of hydrogen-bond acceptors (Lipinski definition) is 2. The normalized spacial score (nSPS) is 21.3. The fourth-order valence-corrected chi connectivity index (χ4v) is 4.37. The molecule has 0 amide bonds. The molecule has 0 bridgehead atoms. The van der Waals surface area contributed by atoms with Crippen LogP contribution in [-0.2, 0) is 6.54 Å². The number of benzene rings is 1. The van der Waals surface area contributed by atoms with Crippen LogP contribution in [0.5, 0.6) is 0 Å². The van der Waals surface area contributed by atoms with Gasteiger partial charge in [-0.2, -0.15) is 0 Å². The van der Waals surface area contributed by atoms with Gasteiger partial charge in [-0.3, -0.25) is 4.90 Å². The van der Waals surface area contributed by atoms with E-state index < -0.39 is 0 Å². The SMILES string of the molecule is Cc1cc(C)c(CN(CCC(C)C)CC2CCC(CN)CC2)c(C)c1. The first kappa shape index (κ1) is 20.5. The summed E-state index contributed by atoms with van der Waals surface area (Å²) in [5, 5.41) is 0. The van der Waals surface area contributed by atoms with E-state index in [0.717, 1.165) is 30.8 Å². The number of nitrogens with two attached hydrogens (primary N) is 1. The second-order valence-electron chi connectivity index (χ2n) is 8.92. The van der Waals surface area contributed by atoms with Gasteiger partial charge in [0.1, 0.15) is 0 Å². The fourth-order valence-electron chi connectivity index (χ4n) is 4.37. The summed E-state index contributed by atoms with van der Waals surface area (Å²) in [6.45, 7) is 15.9. The molecule has 2 rings (SSSR count). The van der Waals surface area contributed by atoms with Crippen LogP contribution in [0.4, 0.5) is 0 Å². The molecule has 2 N–H and O–H groups in total. The van der Waals surface area contributed by atoms with Crippen molar-refractivity contribution in [3.63, 3.8) is 0 Å². The number of rotatable bonds is 8. The van der Waals surface area contributed by atoms with Crippen molar-refractivity contribution >= 4 is 0 Å². The number of aryl methyl sites for hydroxylation is 3. The van der Waals surface area contributed by atoms with Crippen LogP contribution < -0.4 is 5.73 Å². The molecule has 0 spiro atoms. The Balaban J connectivity index is 2.03. The van der Waals surface area contributed by atoms with Crippen molar-refractivity contribution in [3.8, 4) is 0 Å². The lowest BCUT2D eigenvalue weighted by Crippen LogP contribution is -2.34. The molecule has 1 aromatic rings. The van der Waals surface area contributed by atoms with Gasteiger partial charge in [-0.1, -0.05) is 31.5 Å². The van der Waals surface area contributed by atoms with Gasteiger partial charge in [0.2, 0.25) is 0 Å². The third kappa shape index (κ3) is 6.42. The second-order valence-corrected chi connectivity index (χ2v) is 8.92. The monoisotopic (exact) mass is 344 g/mol. The molecule has 2 nitrogen and oxygen atoms in total. The highest BCUT2D eigenvalue weighted by Crippen LogP contribution is 2.29. The van der Waals surface area contributed by atoms with Crippen molar-refractivity contribution < 1.29 is 0 Å². The minimum atomic E-state index is 0.774. The molecule has 0 heterocycles. The predicted molar refractivity (Wildman–Crippen MR) is 110 cm³/mol. The van der Waals surface area contributed by atoms with Crippen LogP contribution in [0.3, 0.4) is 0 Å². The molecule has 0 saturated heterocycles. The first-order valence-corrected chi connectivity index (χ1v) is 10.4. The maximum absolute atomic E-state index is 5.87. The summed E-state index contributed by atoms with van der Waals surface area (Å²) < 4.78 is 0. The van der Waals surface area contributed by atoms with E-state index in [9.17, 15) is 0 Å². The van der Waals surface area contributed by atoms with Crippen molar-refractivity contribution in [1.29, 1.82) is 0 Å². The van der Waals surface area contributed by atoms with Crippen LogP contribution >= 0.6 is 0 Å². The van der Waals surface area contributed by atoms with Gasteiger partial charge < -0.3 is 5.73 Å². The molecule has 0 radical (unpaired) electrons. The number of nitrogens with zero attached hydrogens (tertiary/aromatic N) is 1. The average Bonchev–Trinajstić information content (AvgIpc) is 2.56. The Kier molecular flexibility index (Phi) is 7.96. The maximum atomic E-state index is 5.87. The van der Waals surface area contributed by atoms with Crippen LogP contribution in [-0.4, -0.2) is 24.5 Å². The van der Waals surface area contributed by atoms with E-state index in [1.165, 1.54) is 61.9 Å². The lowest BCUT2D eigenvalue weighted by Gasteiger charge is -2.33. The topological polar surface area (TPSA) is 29.3 Å². The molecule has 25 heavy (non-hydrogen) atoms. The molecule has 1 saturated carbocycles. The average molecular weight is 345 g/mol. The van der Waals surface area contributed by atoms with Crippen molar-refractivity contribution in [2.24, 2.45) is 23.5 Å². The highest BCUT2D eigenvalue weighted by atomic mass is 15.1. The Morgan fingerprint density at radius 3 is 2.08 bits per heavy atom. The van der Waals surface area contributed by atoms with Crippen LogP contribution in [0.15, 0.2) is 12.1 Å². The third-order valence-electron chi connectivity index (χ3n) is 6.06. The molecule has 2 heteroatoms. The number of hydrogen-bond donors (Lipinski definition) is 1. The summed E-state index contributed by atoms with van der Waals surface area (Å²) in [5.41, 5.74) is 11.7. The smallest absolute Gasteiger partial charge is 0.0239 e. The molecule has 0 aliphatic heterocycles. The van der Waals surface area contributed by atoms with E-state index in [-0.39, 0.29) is 0 Å². The Labute approximate surface area is 156 Å². The van der Waals surface area contributed by atoms with Crippen molar-refractivity contribution in [3.05, 3.63) is 34.4 Å². The van der Waals surface area contributed by atoms with Crippen LogP contribution in [0, 0.1) is 38.5 Å². The predicted octanol–water partition coefficient (Wildman–Crippen LogP) is 5.23. The Bertz CT molecular complexity index is 504. The molecule has 1 aliphatic carbocycles. The first-order chi connectivity index (χ1) is 11.9. The van der Waals surface area contributed by atoms with Gasteiger partial charge >= 0.3 is 0 Å². The Morgan fingerprint density at radius 2 is 1.56 bits per heavy atom. The van der Waals surface area contributed by atoms with E-state index in [2.05, 4.69) is 51.7 Å². The molecule has 0 aromatic heterocycles. The molecular formula is C23H40N2. The zero-order valence-electron chi connectivity index (χ0n) is 17.3. The van der Waals surface area contributed by atoms with Crippen molar-refractivity contribution in [1.82, 2.24) is 4.90 Å². The zero-order chi connectivity index (χ0) is 18.4. The standard InChI is InChI=1S/C23H40N2/c1-17(2)10-11-25(15-22-8-6-21(14-24)7-9-22)16-23-19(4)12-18(3)13-20(23)5/h12-13,17,21-22H,6-11,14-16,24H2,1-5H3. The van der Waals surface area contributed by atoms with Gasteiger partial charge in [0, 0.05) is 13.1 Å². The van der Waals surface area contributed by atoms with Crippen LogP contribution in [0.25, 0.3) is 0 Å². The van der Waals surface area contributed by atoms with E-state index in [1.54, 1.807) is 5.56 Å². The lowest BCUT2D eigenvalue weighted by atomic mass is 9.81. The summed E-state index contributed by atoms with van der Waals surface area (Å²) in [5.74, 6) is 2.42. The fraction of sp³-hybridized carbons (Fsp3) is 0.739. The Hall–Kier alpha value is -0.860. The summed E-state index contributed by atoms with van der Waals surface area (Å²) in [4.78, 5) is 2.73. The van der Waals surface area contributed by atoms with Crippen molar-refractivity contribution in [2.75, 3.05) is 19.6 Å². The third-order valence-corrected chi connectivity index (χ3v) is 6.06. The molecule has 1 aromatic carbocycles. The van der Waals surface area contributed by atoms with Gasteiger partial charge in [-0.15, -0.1) is 0 Å². The molecular weight excluding hydrogens is 304 g/mol. The van der Waals surface area contributed by atoms with Gasteiger partial charge in [-0.25, -0.2) is 0 Å². The summed E-state index contributed by atoms with van der Waals surface area (Å²) in [6, 6.07) is 4.69. The Morgan fingerprint density at radius 1 is 1.00 bits per heavy atom. The van der Waals surface area contributed by atoms with E-state index >= 15 is 0 Å². The van der Waals surface area contributed by atoms with Gasteiger partial charge in [0.25, 0.3) is 0 Å². The maximum Gasteiger partial charge on any atom is 0.0239 e. The minimum absolute atomic E-state index is 0.774. The highest BCUT2D eigenvalue weighted by molar-refractivity contribution is 5.37. The van der Waals surface area contributed by atoms with Crippen LogP contribution in [0.2, 0.25) is 0 Å². The van der Waals surface area contributed by atoms with E-state index in [0.29, 0.717) is 0 Å². The first-order valence-electron chi connectivity index (χ1n) is 10.4. The van der Waals surface area contributed by atoms with E-state index in [4.69, 9.17) is 5.73 Å². The van der Waals surface area contributed by atoms with Crippen molar-refractivity contribution in [2.45, 2.75) is 73.3 Å². The highest BCUT2D eigenvalue weighted by Gasteiger charge is 2.23. The quantitative estimate of drug-likeness (QED) is 0.700. The largest absolute Gasteiger partial charge is 0.330 e. The summed E-state index contributed by atoms with van der Waals surface area (Å²) in [7, 11) is 0. The molecule has 142 valence electrons. The summed E-state index contributed by atoms with van der Waals surface area (Å²) in [6.07, 6.45) is 6.70. The molecule has 1 aliphatic rings. The zero-order valence-corrected chi connectivity index (χ0v) is 17.3. The molecule has 1 fully saturated rings. The van der Waals surface area contributed by atoms with E-state index in [1.807, 2.05) is 0 Å². The van der Waals surface area contributed by atoms with Gasteiger partial charge in [0.15, 0.2) is 0 Å². The molecule has 0 unspecified atom stereocenters. The van der Waals surface area contributed by atoms with Gasteiger partial charge in [0.05, 0.1) is 0 Å². The van der Waals surface area contributed by atoms with Gasteiger partial charge in [-0.05, 0) is 100 Å². The van der Waals surface area contributed by atoms with Crippen LogP contribution in [0.1, 0.15) is 68.2 Å². The molecule has 0 atom stereocenters. The minimum Gasteiger partial charge on any atom is -0.330 e.